The van der Waals surface area contributed by atoms with Gasteiger partial charge in [-0.1, -0.05) is 34.3 Å². The maximum Gasteiger partial charge on any atom is 0.228 e. The number of thioether (sulfide) groups is 1. The van der Waals surface area contributed by atoms with Crippen LogP contribution in [-0.4, -0.2) is 46.8 Å². The molecule has 1 aromatic rings. The van der Waals surface area contributed by atoms with Gasteiger partial charge in [-0.25, -0.2) is 0 Å². The summed E-state index contributed by atoms with van der Waals surface area (Å²) < 4.78 is 8.68. The van der Waals surface area contributed by atoms with Crippen LogP contribution in [0.15, 0.2) is 16.2 Å². The molecule has 0 spiro atoms. The largest absolute Gasteiger partial charge is 0.378 e. The molecule has 0 amide bonds. The Morgan fingerprint density at radius 2 is 2.11 bits per heavy atom. The Kier molecular flexibility index (Phi) is 4.14. The van der Waals surface area contributed by atoms with Crippen molar-refractivity contribution in [3.8, 4) is 0 Å². The van der Waals surface area contributed by atoms with E-state index in [2.05, 4.69) is 42.2 Å². The van der Waals surface area contributed by atoms with E-state index in [9.17, 15) is 0 Å². The summed E-state index contributed by atoms with van der Waals surface area (Å²) >= 11 is 5.09. The van der Waals surface area contributed by atoms with E-state index in [0.717, 1.165) is 47.6 Å². The average molecular weight is 345 g/mol. The molecule has 5 nitrogen and oxygen atoms in total. The molecule has 19 heavy (non-hydrogen) atoms. The molecular formula is C12H17BrN4OS. The van der Waals surface area contributed by atoms with Crippen LogP contribution in [0.25, 0.3) is 0 Å². The second-order valence-electron chi connectivity index (χ2n) is 4.79. The van der Waals surface area contributed by atoms with Gasteiger partial charge in [0.25, 0.3) is 0 Å². The fourth-order valence-electron chi connectivity index (χ4n) is 2.14. The molecule has 0 bridgehead atoms. The number of aromatic nitrogens is 3. The first-order valence-electron chi connectivity index (χ1n) is 6.49. The van der Waals surface area contributed by atoms with E-state index in [0.29, 0.717) is 6.04 Å². The topological polar surface area (TPSA) is 43.2 Å². The van der Waals surface area contributed by atoms with Crippen LogP contribution < -0.4 is 4.90 Å². The van der Waals surface area contributed by atoms with Gasteiger partial charge in [0.15, 0.2) is 5.16 Å². The van der Waals surface area contributed by atoms with Crippen LogP contribution in [0.4, 0.5) is 5.95 Å². The lowest BCUT2D eigenvalue weighted by atomic mass is 10.4. The summed E-state index contributed by atoms with van der Waals surface area (Å²) in [5, 5.41) is 9.76. The van der Waals surface area contributed by atoms with Crippen molar-refractivity contribution in [1.82, 2.24) is 14.8 Å². The average Bonchev–Trinajstić information content (AvgIpc) is 3.17. The molecule has 104 valence electrons. The second-order valence-corrected chi connectivity index (χ2v) is 6.85. The standard InChI is InChI=1S/C12H17BrN4OS/c1-9(13)8-19-12-15-14-11(17(12)10-2-3-10)16-4-6-18-7-5-16/h10H,1-8H2. The Labute approximate surface area is 125 Å². The zero-order valence-electron chi connectivity index (χ0n) is 10.7. The normalized spacial score (nSPS) is 19.7. The van der Waals surface area contributed by atoms with Gasteiger partial charge in [-0.15, -0.1) is 10.2 Å². The molecule has 2 fully saturated rings. The first-order chi connectivity index (χ1) is 9.25. The summed E-state index contributed by atoms with van der Waals surface area (Å²) in [5.41, 5.74) is 0. The molecule has 0 aromatic carbocycles. The van der Waals surface area contributed by atoms with E-state index in [1.54, 1.807) is 11.8 Å². The maximum atomic E-state index is 5.40. The summed E-state index contributed by atoms with van der Waals surface area (Å²) in [5.74, 6) is 1.84. The Morgan fingerprint density at radius 3 is 2.74 bits per heavy atom. The second kappa shape index (κ2) is 5.85. The fourth-order valence-corrected chi connectivity index (χ4v) is 3.24. The molecule has 1 aliphatic heterocycles. The van der Waals surface area contributed by atoms with Crippen molar-refractivity contribution < 1.29 is 4.74 Å². The molecule has 0 N–H and O–H groups in total. The van der Waals surface area contributed by atoms with Gasteiger partial charge in [0, 0.05) is 24.9 Å². The number of anilines is 1. The van der Waals surface area contributed by atoms with Crippen molar-refractivity contribution in [2.45, 2.75) is 24.0 Å². The third-order valence-corrected chi connectivity index (χ3v) is 4.89. The molecule has 0 radical (unpaired) electrons. The van der Waals surface area contributed by atoms with E-state index in [4.69, 9.17) is 4.74 Å². The van der Waals surface area contributed by atoms with Gasteiger partial charge in [-0.3, -0.25) is 4.57 Å². The number of rotatable bonds is 5. The monoisotopic (exact) mass is 344 g/mol. The Balaban J connectivity index is 1.81. The zero-order valence-corrected chi connectivity index (χ0v) is 13.1. The fraction of sp³-hybridized carbons (Fsp3) is 0.667. The van der Waals surface area contributed by atoms with Crippen LogP contribution in [0.5, 0.6) is 0 Å². The molecular weight excluding hydrogens is 328 g/mol. The van der Waals surface area contributed by atoms with Gasteiger partial charge < -0.3 is 9.64 Å². The van der Waals surface area contributed by atoms with Crippen LogP contribution in [0.2, 0.25) is 0 Å². The highest BCUT2D eigenvalue weighted by Gasteiger charge is 2.32. The number of nitrogens with zero attached hydrogens (tertiary/aromatic N) is 4. The summed E-state index contributed by atoms with van der Waals surface area (Å²) in [6, 6.07) is 0.582. The molecule has 0 unspecified atom stereocenters. The molecule has 3 rings (SSSR count). The summed E-state index contributed by atoms with van der Waals surface area (Å²) in [7, 11) is 0. The highest BCUT2D eigenvalue weighted by Crippen LogP contribution is 2.41. The lowest BCUT2D eigenvalue weighted by Gasteiger charge is -2.27. The zero-order chi connectivity index (χ0) is 13.2. The number of hydrogen-bond donors (Lipinski definition) is 0. The lowest BCUT2D eigenvalue weighted by Crippen LogP contribution is -2.38. The quantitative estimate of drug-likeness (QED) is 0.767. The summed E-state index contributed by atoms with van der Waals surface area (Å²) in [6.45, 7) is 7.23. The number of hydrogen-bond acceptors (Lipinski definition) is 5. The van der Waals surface area contributed by atoms with E-state index in [1.165, 1.54) is 12.8 Å². The number of ether oxygens (including phenoxy) is 1. The van der Waals surface area contributed by atoms with Gasteiger partial charge in [-0.05, 0) is 17.3 Å². The van der Waals surface area contributed by atoms with E-state index in [1.807, 2.05) is 0 Å². The maximum absolute atomic E-state index is 5.40. The van der Waals surface area contributed by atoms with Crippen LogP contribution in [-0.2, 0) is 4.74 Å². The molecule has 1 aliphatic carbocycles. The summed E-state index contributed by atoms with van der Waals surface area (Å²) in [4.78, 5) is 2.28. The van der Waals surface area contributed by atoms with Gasteiger partial charge in [-0.2, -0.15) is 0 Å². The lowest BCUT2D eigenvalue weighted by molar-refractivity contribution is 0.121. The van der Waals surface area contributed by atoms with E-state index < -0.39 is 0 Å². The third-order valence-electron chi connectivity index (χ3n) is 3.21. The molecule has 2 heterocycles. The van der Waals surface area contributed by atoms with E-state index in [-0.39, 0.29) is 0 Å². The SMILES string of the molecule is C=C(Br)CSc1nnc(N2CCOCC2)n1C1CC1. The van der Waals surface area contributed by atoms with Crippen molar-refractivity contribution in [3.63, 3.8) is 0 Å². The Morgan fingerprint density at radius 1 is 1.37 bits per heavy atom. The first kappa shape index (κ1) is 13.5. The third kappa shape index (κ3) is 3.14. The highest BCUT2D eigenvalue weighted by atomic mass is 79.9. The van der Waals surface area contributed by atoms with Gasteiger partial charge >= 0.3 is 0 Å². The first-order valence-corrected chi connectivity index (χ1v) is 8.27. The van der Waals surface area contributed by atoms with Gasteiger partial charge in [0.05, 0.1) is 13.2 Å². The van der Waals surface area contributed by atoms with Crippen LogP contribution in [0.1, 0.15) is 18.9 Å². The number of halogens is 1. The van der Waals surface area contributed by atoms with Crippen molar-refractivity contribution >= 4 is 33.6 Å². The van der Waals surface area contributed by atoms with Crippen LogP contribution >= 0.6 is 27.7 Å². The Bertz CT molecular complexity index is 468. The molecule has 1 saturated carbocycles. The van der Waals surface area contributed by atoms with Crippen LogP contribution in [0.3, 0.4) is 0 Å². The van der Waals surface area contributed by atoms with Gasteiger partial charge in [0.2, 0.25) is 5.95 Å². The molecule has 0 atom stereocenters. The molecule has 2 aliphatic rings. The predicted molar refractivity (Wildman–Crippen MR) is 80.1 cm³/mol. The van der Waals surface area contributed by atoms with Gasteiger partial charge in [0.1, 0.15) is 0 Å². The predicted octanol–water partition coefficient (Wildman–Crippen LogP) is 2.45. The van der Waals surface area contributed by atoms with Crippen molar-refractivity contribution in [2.24, 2.45) is 0 Å². The molecule has 1 saturated heterocycles. The minimum absolute atomic E-state index is 0.582. The Hall–Kier alpha value is -0.530. The number of morpholine rings is 1. The summed E-state index contributed by atoms with van der Waals surface area (Å²) in [6.07, 6.45) is 2.47. The smallest absolute Gasteiger partial charge is 0.228 e. The van der Waals surface area contributed by atoms with Crippen molar-refractivity contribution in [2.75, 3.05) is 37.0 Å². The van der Waals surface area contributed by atoms with Crippen molar-refractivity contribution in [1.29, 1.82) is 0 Å². The van der Waals surface area contributed by atoms with E-state index >= 15 is 0 Å². The van der Waals surface area contributed by atoms with Crippen molar-refractivity contribution in [3.05, 3.63) is 11.1 Å². The minimum atomic E-state index is 0.582. The highest BCUT2D eigenvalue weighted by molar-refractivity contribution is 9.11. The van der Waals surface area contributed by atoms with Crippen LogP contribution in [0, 0.1) is 0 Å². The molecule has 1 aromatic heterocycles. The molecule has 7 heteroatoms. The minimum Gasteiger partial charge on any atom is -0.378 e.